The third kappa shape index (κ3) is 4.75. The van der Waals surface area contributed by atoms with E-state index in [0.29, 0.717) is 49.4 Å². The number of aliphatic imine (C=N–C) groups is 1. The summed E-state index contributed by atoms with van der Waals surface area (Å²) < 4.78 is 6.05. The summed E-state index contributed by atoms with van der Waals surface area (Å²) in [5.41, 5.74) is 2.71. The van der Waals surface area contributed by atoms with Gasteiger partial charge in [0, 0.05) is 31.6 Å². The van der Waals surface area contributed by atoms with Crippen LogP contribution in [-0.4, -0.2) is 65.0 Å². The van der Waals surface area contributed by atoms with Crippen LogP contribution in [0.4, 0.5) is 5.69 Å². The summed E-state index contributed by atoms with van der Waals surface area (Å²) in [6.07, 6.45) is 8.31. The van der Waals surface area contributed by atoms with Crippen LogP contribution in [0.2, 0.25) is 0 Å². The van der Waals surface area contributed by atoms with Crippen molar-refractivity contribution in [3.05, 3.63) is 23.3 Å². The molecule has 2 N–H and O–H groups in total. The molecule has 8 heteroatoms. The summed E-state index contributed by atoms with van der Waals surface area (Å²) in [4.78, 5) is 33.1. The predicted molar refractivity (Wildman–Crippen MR) is 122 cm³/mol. The third-order valence-electron chi connectivity index (χ3n) is 6.77. The molecule has 4 rings (SSSR count). The first-order chi connectivity index (χ1) is 15.5. The van der Waals surface area contributed by atoms with Crippen LogP contribution < -0.4 is 10.1 Å². The van der Waals surface area contributed by atoms with Gasteiger partial charge in [-0.1, -0.05) is 31.7 Å². The molecule has 174 valence electrons. The zero-order valence-electron chi connectivity index (χ0n) is 19.1. The van der Waals surface area contributed by atoms with Crippen molar-refractivity contribution in [3.63, 3.8) is 0 Å². The molecule has 1 unspecified atom stereocenters. The quantitative estimate of drug-likeness (QED) is 0.500. The van der Waals surface area contributed by atoms with Gasteiger partial charge in [0.05, 0.1) is 13.2 Å². The van der Waals surface area contributed by atoms with Crippen molar-refractivity contribution >= 4 is 23.5 Å². The lowest BCUT2D eigenvalue weighted by Gasteiger charge is -2.28. The number of nitrogens with one attached hydrogen (secondary N) is 1. The lowest BCUT2D eigenvalue weighted by Crippen LogP contribution is -2.39. The number of rotatable bonds is 7. The van der Waals surface area contributed by atoms with Crippen molar-refractivity contribution in [1.29, 1.82) is 0 Å². The molecule has 0 aromatic heterocycles. The number of fused-ring (bicyclic) bond motifs is 2. The molecule has 2 amide bonds. The Morgan fingerprint density at radius 3 is 2.75 bits per heavy atom. The normalized spacial score (nSPS) is 20.7. The monoisotopic (exact) mass is 442 g/mol. The van der Waals surface area contributed by atoms with Crippen LogP contribution in [0.5, 0.6) is 5.75 Å². The first-order valence-electron chi connectivity index (χ1n) is 11.8. The average Bonchev–Trinajstić information content (AvgIpc) is 2.93. The molecule has 1 aromatic carbocycles. The highest BCUT2D eigenvalue weighted by molar-refractivity contribution is 6.08. The van der Waals surface area contributed by atoms with Gasteiger partial charge in [0.2, 0.25) is 11.9 Å². The smallest absolute Gasteiger partial charge is 0.251 e. The fourth-order valence-corrected chi connectivity index (χ4v) is 4.91. The number of aryl methyl sites for hydroxylation is 1. The summed E-state index contributed by atoms with van der Waals surface area (Å²) in [6, 6.07) is 3.74. The molecule has 32 heavy (non-hydrogen) atoms. The third-order valence-corrected chi connectivity index (χ3v) is 6.77. The van der Waals surface area contributed by atoms with Crippen molar-refractivity contribution in [1.82, 2.24) is 15.1 Å². The van der Waals surface area contributed by atoms with E-state index >= 15 is 0 Å². The highest BCUT2D eigenvalue weighted by atomic mass is 16.5. The van der Waals surface area contributed by atoms with E-state index in [-0.39, 0.29) is 18.4 Å². The summed E-state index contributed by atoms with van der Waals surface area (Å²) in [5.74, 6) is 1.06. The molecule has 0 spiro atoms. The molecule has 0 radical (unpaired) electrons. The van der Waals surface area contributed by atoms with E-state index in [2.05, 4.69) is 10.3 Å². The summed E-state index contributed by atoms with van der Waals surface area (Å²) in [7, 11) is 1.94. The summed E-state index contributed by atoms with van der Waals surface area (Å²) >= 11 is 0. The average molecular weight is 443 g/mol. The van der Waals surface area contributed by atoms with E-state index in [4.69, 9.17) is 4.74 Å². The molecule has 1 saturated carbocycles. The maximum atomic E-state index is 12.6. The second-order valence-corrected chi connectivity index (χ2v) is 9.12. The van der Waals surface area contributed by atoms with Gasteiger partial charge in [-0.3, -0.25) is 14.9 Å². The molecule has 0 bridgehead atoms. The van der Waals surface area contributed by atoms with Crippen LogP contribution in [-0.2, 0) is 16.1 Å². The molecule has 1 aliphatic carbocycles. The first kappa shape index (κ1) is 22.6. The van der Waals surface area contributed by atoms with Gasteiger partial charge in [0.1, 0.15) is 17.5 Å². The second kappa shape index (κ2) is 9.90. The molecule has 2 heterocycles. The van der Waals surface area contributed by atoms with E-state index in [1.54, 1.807) is 4.90 Å². The Bertz CT molecular complexity index is 892. The Labute approximate surface area is 189 Å². The zero-order chi connectivity index (χ0) is 22.7. The number of amides is 2. The number of benzene rings is 1. The number of aliphatic hydroxyl groups is 1. The minimum Gasteiger partial charge on any atom is -0.491 e. The Hall–Kier alpha value is -2.61. The van der Waals surface area contributed by atoms with Crippen LogP contribution in [0.15, 0.2) is 17.1 Å². The molecule has 1 atom stereocenters. The molecule has 2 aliphatic heterocycles. The molecular formula is C24H34N4O4. The predicted octanol–water partition coefficient (Wildman–Crippen LogP) is 2.63. The Morgan fingerprint density at radius 1 is 1.28 bits per heavy atom. The SMILES string of the molecule is Cc1cc2c(c(OCCCC(=O)N(C)C3CCCCCC3)c1)N=C1NC(=O)C(CO)N1C2. The molecule has 2 fully saturated rings. The molecule has 1 aromatic rings. The van der Waals surface area contributed by atoms with E-state index in [1.807, 2.05) is 31.0 Å². The van der Waals surface area contributed by atoms with Crippen LogP contribution in [0.1, 0.15) is 62.5 Å². The van der Waals surface area contributed by atoms with Crippen molar-refractivity contribution in [2.45, 2.75) is 76.9 Å². The van der Waals surface area contributed by atoms with Crippen LogP contribution in [0.25, 0.3) is 0 Å². The number of nitrogens with zero attached hydrogens (tertiary/aromatic N) is 3. The number of ether oxygens (including phenoxy) is 1. The number of guanidine groups is 1. The minimum atomic E-state index is -0.608. The highest BCUT2D eigenvalue weighted by Crippen LogP contribution is 2.38. The first-order valence-corrected chi connectivity index (χ1v) is 11.8. The van der Waals surface area contributed by atoms with Crippen LogP contribution in [0.3, 0.4) is 0 Å². The summed E-state index contributed by atoms with van der Waals surface area (Å²) in [5, 5.41) is 12.3. The lowest BCUT2D eigenvalue weighted by atomic mass is 10.1. The van der Waals surface area contributed by atoms with Gasteiger partial charge in [0.25, 0.3) is 5.91 Å². The van der Waals surface area contributed by atoms with E-state index in [0.717, 1.165) is 24.0 Å². The van der Waals surface area contributed by atoms with Crippen LogP contribution in [0, 0.1) is 6.92 Å². The van der Waals surface area contributed by atoms with Gasteiger partial charge in [-0.2, -0.15) is 0 Å². The number of carbonyl (C=O) groups is 2. The Morgan fingerprint density at radius 2 is 2.03 bits per heavy atom. The second-order valence-electron chi connectivity index (χ2n) is 9.12. The van der Waals surface area contributed by atoms with Crippen molar-refractivity contribution in [2.75, 3.05) is 20.3 Å². The van der Waals surface area contributed by atoms with Gasteiger partial charge >= 0.3 is 0 Å². The van der Waals surface area contributed by atoms with Crippen molar-refractivity contribution < 1.29 is 19.4 Å². The lowest BCUT2D eigenvalue weighted by molar-refractivity contribution is -0.132. The van der Waals surface area contributed by atoms with Gasteiger partial charge in [0.15, 0.2) is 0 Å². The molecule has 8 nitrogen and oxygen atoms in total. The number of hydrogen-bond acceptors (Lipinski definition) is 6. The van der Waals surface area contributed by atoms with Crippen molar-refractivity contribution in [3.8, 4) is 5.75 Å². The minimum absolute atomic E-state index is 0.186. The van der Waals surface area contributed by atoms with E-state index in [1.165, 1.54) is 25.7 Å². The van der Waals surface area contributed by atoms with Crippen molar-refractivity contribution in [2.24, 2.45) is 4.99 Å². The standard InChI is InChI=1S/C24H34N4O4/c1-16-12-17-14-28-19(15-29)23(31)26-24(28)25-22(17)20(13-16)32-11-7-10-21(30)27(2)18-8-5-3-4-6-9-18/h12-13,18-19,29H,3-11,14-15H2,1-2H3,(H,25,26,31). The maximum Gasteiger partial charge on any atom is 0.251 e. The van der Waals surface area contributed by atoms with Gasteiger partial charge in [-0.05, 0) is 37.8 Å². The van der Waals surface area contributed by atoms with Gasteiger partial charge in [-0.25, -0.2) is 4.99 Å². The molecule has 3 aliphatic rings. The number of hydrogen-bond donors (Lipinski definition) is 2. The molecular weight excluding hydrogens is 408 g/mol. The Balaban J connectivity index is 1.35. The van der Waals surface area contributed by atoms with E-state index < -0.39 is 6.04 Å². The summed E-state index contributed by atoms with van der Waals surface area (Å²) in [6.45, 7) is 2.66. The highest BCUT2D eigenvalue weighted by Gasteiger charge is 2.39. The topological polar surface area (TPSA) is 94.5 Å². The maximum absolute atomic E-state index is 12.6. The largest absolute Gasteiger partial charge is 0.491 e. The fraction of sp³-hybridized carbons (Fsp3) is 0.625. The number of carbonyl (C=O) groups excluding carboxylic acids is 2. The van der Waals surface area contributed by atoms with Gasteiger partial charge in [-0.15, -0.1) is 0 Å². The fourth-order valence-electron chi connectivity index (χ4n) is 4.91. The Kier molecular flexibility index (Phi) is 6.98. The van der Waals surface area contributed by atoms with Gasteiger partial charge < -0.3 is 19.6 Å². The van der Waals surface area contributed by atoms with E-state index in [9.17, 15) is 14.7 Å². The zero-order valence-corrected chi connectivity index (χ0v) is 19.1. The molecule has 1 saturated heterocycles. The van der Waals surface area contributed by atoms with Crippen LogP contribution >= 0.6 is 0 Å². The number of aliphatic hydroxyl groups excluding tert-OH is 1.